The fourth-order valence-electron chi connectivity index (χ4n) is 6.10. The Bertz CT molecular complexity index is 2400. The van der Waals surface area contributed by atoms with E-state index in [1.54, 1.807) is 0 Å². The Morgan fingerprint density at radius 3 is 1.47 bits per heavy atom. The molecular formula is C39H22N4O2. The average molecular weight is 579 g/mol. The number of nitrogens with zero attached hydrogens (tertiary/aromatic N) is 4. The summed E-state index contributed by atoms with van der Waals surface area (Å²) >= 11 is 0. The molecule has 0 unspecified atom stereocenters. The van der Waals surface area contributed by atoms with Crippen LogP contribution in [0.3, 0.4) is 0 Å². The summed E-state index contributed by atoms with van der Waals surface area (Å²) in [6, 6.07) is 46.7. The van der Waals surface area contributed by atoms with Gasteiger partial charge in [0.25, 0.3) is 0 Å². The van der Waals surface area contributed by atoms with E-state index in [1.807, 2.05) is 72.8 Å². The zero-order chi connectivity index (χ0) is 29.9. The van der Waals surface area contributed by atoms with Crippen molar-refractivity contribution in [2.24, 2.45) is 0 Å². The molecule has 0 bridgehead atoms. The summed E-state index contributed by atoms with van der Waals surface area (Å²) in [5.74, 6) is 1.17. The molecule has 3 aromatic heterocycles. The lowest BCUT2D eigenvalue weighted by Crippen LogP contribution is -1.94. The Morgan fingerprint density at radius 1 is 0.511 bits per heavy atom. The van der Waals surface area contributed by atoms with Crippen molar-refractivity contribution in [1.29, 1.82) is 5.26 Å². The van der Waals surface area contributed by atoms with Crippen LogP contribution in [-0.2, 0) is 0 Å². The van der Waals surface area contributed by atoms with Crippen LogP contribution >= 0.6 is 0 Å². The summed E-state index contributed by atoms with van der Waals surface area (Å²) in [6.45, 7) is 0. The third kappa shape index (κ3) is 4.10. The van der Waals surface area contributed by atoms with Gasteiger partial charge in [-0.25, -0.2) is 9.97 Å². The van der Waals surface area contributed by atoms with E-state index >= 15 is 0 Å². The molecule has 9 aromatic rings. The highest BCUT2D eigenvalue weighted by Gasteiger charge is 2.18. The summed E-state index contributed by atoms with van der Waals surface area (Å²) in [7, 11) is 0. The van der Waals surface area contributed by atoms with Gasteiger partial charge in [-0.1, -0.05) is 48.5 Å². The van der Waals surface area contributed by atoms with Crippen LogP contribution in [0.1, 0.15) is 5.56 Å². The summed E-state index contributed by atoms with van der Waals surface area (Å²) in [5, 5.41) is 11.3. The largest absolute Gasteiger partial charge is 0.436 e. The molecule has 9 rings (SSSR count). The minimum Gasteiger partial charge on any atom is -0.436 e. The van der Waals surface area contributed by atoms with Crippen molar-refractivity contribution in [3.63, 3.8) is 0 Å². The molecule has 0 saturated carbocycles. The Labute approximate surface area is 257 Å². The lowest BCUT2D eigenvalue weighted by atomic mass is 10.0. The monoisotopic (exact) mass is 578 g/mol. The average Bonchev–Trinajstić information content (AvgIpc) is 3.82. The normalized spacial score (nSPS) is 11.5. The van der Waals surface area contributed by atoms with Crippen LogP contribution in [-0.4, -0.2) is 14.5 Å². The van der Waals surface area contributed by atoms with Gasteiger partial charge in [0, 0.05) is 27.6 Å². The fourth-order valence-corrected chi connectivity index (χ4v) is 6.10. The highest BCUT2D eigenvalue weighted by Crippen LogP contribution is 2.38. The van der Waals surface area contributed by atoms with Crippen molar-refractivity contribution < 1.29 is 8.83 Å². The second kappa shape index (κ2) is 9.80. The van der Waals surface area contributed by atoms with E-state index in [-0.39, 0.29) is 0 Å². The van der Waals surface area contributed by atoms with Crippen LogP contribution in [0.2, 0.25) is 0 Å². The van der Waals surface area contributed by atoms with Gasteiger partial charge >= 0.3 is 0 Å². The van der Waals surface area contributed by atoms with Crippen LogP contribution in [0.15, 0.2) is 142 Å². The number of benzene rings is 6. The molecule has 45 heavy (non-hydrogen) atoms. The SMILES string of the molecule is N#Cc1ccc(-c2ccc(-n3c4ccc(-c5nc6ccccc6o5)cc4c4cc(-c5nc6ccccc6o5)ccc43)cc2)cc1. The quantitative estimate of drug-likeness (QED) is 0.208. The molecule has 0 saturated heterocycles. The van der Waals surface area contributed by atoms with Crippen LogP contribution in [0, 0.1) is 11.3 Å². The van der Waals surface area contributed by atoms with Gasteiger partial charge < -0.3 is 13.4 Å². The maximum Gasteiger partial charge on any atom is 0.227 e. The Kier molecular flexibility index (Phi) is 5.46. The van der Waals surface area contributed by atoms with Crippen molar-refractivity contribution in [3.8, 4) is 45.8 Å². The molecule has 210 valence electrons. The topological polar surface area (TPSA) is 80.8 Å². The van der Waals surface area contributed by atoms with Crippen LogP contribution in [0.4, 0.5) is 0 Å². The Hall–Kier alpha value is -6.45. The molecule has 0 aliphatic carbocycles. The van der Waals surface area contributed by atoms with Crippen LogP contribution < -0.4 is 0 Å². The molecule has 0 fully saturated rings. The molecule has 6 heteroatoms. The van der Waals surface area contributed by atoms with Crippen LogP contribution in [0.25, 0.3) is 83.7 Å². The third-order valence-corrected chi connectivity index (χ3v) is 8.32. The molecular weight excluding hydrogens is 556 g/mol. The maximum absolute atomic E-state index is 9.17. The van der Waals surface area contributed by atoms with E-state index in [9.17, 15) is 5.26 Å². The Balaban J connectivity index is 1.23. The molecule has 0 aliphatic rings. The number of fused-ring (bicyclic) bond motifs is 5. The second-order valence-corrected chi connectivity index (χ2v) is 11.0. The first-order valence-electron chi connectivity index (χ1n) is 14.6. The smallest absolute Gasteiger partial charge is 0.227 e. The number of hydrogen-bond acceptors (Lipinski definition) is 5. The highest BCUT2D eigenvalue weighted by molar-refractivity contribution is 6.11. The number of oxazole rings is 2. The summed E-state index contributed by atoms with van der Waals surface area (Å²) < 4.78 is 14.6. The fraction of sp³-hybridized carbons (Fsp3) is 0. The molecule has 3 heterocycles. The number of hydrogen-bond donors (Lipinski definition) is 0. The number of nitriles is 1. The first-order valence-corrected chi connectivity index (χ1v) is 14.6. The molecule has 0 aliphatic heterocycles. The highest BCUT2D eigenvalue weighted by atomic mass is 16.4. The number of aromatic nitrogens is 3. The molecule has 6 aromatic carbocycles. The van der Waals surface area contributed by atoms with Gasteiger partial charge in [-0.3, -0.25) is 0 Å². The molecule has 0 radical (unpaired) electrons. The van der Waals surface area contributed by atoms with Crippen molar-refractivity contribution >= 4 is 44.0 Å². The van der Waals surface area contributed by atoms with Gasteiger partial charge in [-0.2, -0.15) is 5.26 Å². The van der Waals surface area contributed by atoms with E-state index in [4.69, 9.17) is 18.8 Å². The molecule has 0 amide bonds. The zero-order valence-electron chi connectivity index (χ0n) is 23.8. The minimum atomic E-state index is 0.584. The number of para-hydroxylation sites is 4. The van der Waals surface area contributed by atoms with E-state index in [0.717, 1.165) is 71.9 Å². The van der Waals surface area contributed by atoms with E-state index in [1.165, 1.54) is 0 Å². The maximum atomic E-state index is 9.17. The standard InChI is InChI=1S/C39H22N4O2/c40-23-24-9-11-25(12-10-24)26-13-17-29(18-14-26)43-34-19-15-27(38-41-32-5-1-3-7-36(32)44-38)21-30(34)31-22-28(16-20-35(31)43)39-42-33-6-2-4-8-37(33)45-39/h1-22H. The minimum absolute atomic E-state index is 0.584. The first-order chi connectivity index (χ1) is 22.2. The predicted molar refractivity (Wildman–Crippen MR) is 177 cm³/mol. The molecule has 0 spiro atoms. The molecule has 6 nitrogen and oxygen atoms in total. The van der Waals surface area contributed by atoms with E-state index < -0.39 is 0 Å². The van der Waals surface area contributed by atoms with Gasteiger partial charge in [0.15, 0.2) is 11.2 Å². The second-order valence-electron chi connectivity index (χ2n) is 11.0. The van der Waals surface area contributed by atoms with Crippen molar-refractivity contribution in [2.75, 3.05) is 0 Å². The lowest BCUT2D eigenvalue weighted by Gasteiger charge is -2.10. The van der Waals surface area contributed by atoms with E-state index in [2.05, 4.69) is 71.3 Å². The third-order valence-electron chi connectivity index (χ3n) is 8.32. The molecule has 0 atom stereocenters. The van der Waals surface area contributed by atoms with Crippen molar-refractivity contribution in [2.45, 2.75) is 0 Å². The van der Waals surface area contributed by atoms with Gasteiger partial charge in [0.1, 0.15) is 11.0 Å². The summed E-state index contributed by atoms with van der Waals surface area (Å²) in [6.07, 6.45) is 0. The first kappa shape index (κ1) is 25.1. The van der Waals surface area contributed by atoms with Crippen molar-refractivity contribution in [1.82, 2.24) is 14.5 Å². The summed E-state index contributed by atoms with van der Waals surface area (Å²) in [4.78, 5) is 9.51. The predicted octanol–water partition coefficient (Wildman–Crippen LogP) is 9.94. The van der Waals surface area contributed by atoms with Gasteiger partial charge in [-0.05, 0) is 96.1 Å². The van der Waals surface area contributed by atoms with Crippen LogP contribution in [0.5, 0.6) is 0 Å². The van der Waals surface area contributed by atoms with Crippen molar-refractivity contribution in [3.05, 3.63) is 139 Å². The van der Waals surface area contributed by atoms with E-state index in [0.29, 0.717) is 17.3 Å². The zero-order valence-corrected chi connectivity index (χ0v) is 23.8. The molecule has 0 N–H and O–H groups in total. The van der Waals surface area contributed by atoms with Gasteiger partial charge in [-0.15, -0.1) is 0 Å². The Morgan fingerprint density at radius 2 is 0.978 bits per heavy atom. The number of rotatable bonds is 4. The summed E-state index contributed by atoms with van der Waals surface area (Å²) in [5.41, 5.74) is 10.9. The van der Waals surface area contributed by atoms with Gasteiger partial charge in [0.2, 0.25) is 11.8 Å². The van der Waals surface area contributed by atoms with Gasteiger partial charge in [0.05, 0.1) is 22.7 Å². The lowest BCUT2D eigenvalue weighted by molar-refractivity contribution is 0.619.